The Morgan fingerprint density at radius 2 is 1.62 bits per heavy atom. The maximum Gasteiger partial charge on any atom is 0.497 e. The van der Waals surface area contributed by atoms with Gasteiger partial charge in [-0.2, -0.15) is 0 Å². The number of esters is 1. The van der Waals surface area contributed by atoms with Crippen LogP contribution in [-0.2, 0) is 14.0 Å². The molecule has 1 fully saturated rings. The maximum absolute atomic E-state index is 12.9. The van der Waals surface area contributed by atoms with E-state index in [1.807, 2.05) is 76.2 Å². The smallest absolute Gasteiger partial charge is 0.490 e. The molecule has 0 radical (unpaired) electrons. The fourth-order valence-corrected chi connectivity index (χ4v) is 4.64. The van der Waals surface area contributed by atoms with Gasteiger partial charge in [-0.1, -0.05) is 61.5 Å². The SMILES string of the molecule is CCC(CCOC(=O)c1cc2cccc(B3OC(C)(C)C(C)(C)O3)c2[nH]1)Oc1cccc2ccccc12. The highest BCUT2D eigenvalue weighted by molar-refractivity contribution is 6.65. The molecule has 0 bridgehead atoms. The Bertz CT molecular complexity index is 1400. The highest BCUT2D eigenvalue weighted by Gasteiger charge is 2.52. The summed E-state index contributed by atoms with van der Waals surface area (Å²) in [5, 5.41) is 3.13. The third kappa shape index (κ3) is 4.98. The van der Waals surface area contributed by atoms with Gasteiger partial charge in [0.05, 0.1) is 17.8 Å². The van der Waals surface area contributed by atoms with Crippen molar-refractivity contribution in [3.05, 3.63) is 72.4 Å². The summed E-state index contributed by atoms with van der Waals surface area (Å²) in [5.41, 5.74) is 1.20. The van der Waals surface area contributed by atoms with Gasteiger partial charge in [-0.3, -0.25) is 0 Å². The molecule has 192 valence electrons. The molecule has 1 aliphatic rings. The summed E-state index contributed by atoms with van der Waals surface area (Å²) < 4.78 is 24.4. The van der Waals surface area contributed by atoms with Crippen LogP contribution in [0.1, 0.15) is 57.9 Å². The van der Waals surface area contributed by atoms with E-state index in [0.717, 1.165) is 39.3 Å². The Morgan fingerprint density at radius 3 is 2.38 bits per heavy atom. The second-order valence-electron chi connectivity index (χ2n) is 10.6. The predicted molar refractivity (Wildman–Crippen MR) is 148 cm³/mol. The van der Waals surface area contributed by atoms with Crippen molar-refractivity contribution in [2.45, 2.75) is 64.8 Å². The molecule has 4 aromatic rings. The first-order valence-electron chi connectivity index (χ1n) is 13.0. The lowest BCUT2D eigenvalue weighted by Gasteiger charge is -2.32. The lowest BCUT2D eigenvalue weighted by atomic mass is 9.78. The molecule has 7 heteroatoms. The Morgan fingerprint density at radius 1 is 0.946 bits per heavy atom. The Balaban J connectivity index is 1.24. The topological polar surface area (TPSA) is 69.8 Å². The first-order chi connectivity index (χ1) is 17.7. The lowest BCUT2D eigenvalue weighted by molar-refractivity contribution is 0.00578. The van der Waals surface area contributed by atoms with Gasteiger partial charge in [0.2, 0.25) is 0 Å². The molecule has 0 aliphatic carbocycles. The van der Waals surface area contributed by atoms with E-state index in [2.05, 4.69) is 30.1 Å². The average Bonchev–Trinajstić information content (AvgIpc) is 3.40. The van der Waals surface area contributed by atoms with Crippen molar-refractivity contribution >= 4 is 40.2 Å². The number of ether oxygens (including phenoxy) is 2. The molecule has 0 saturated carbocycles. The summed E-state index contributed by atoms with van der Waals surface area (Å²) in [5.74, 6) is 0.457. The number of fused-ring (bicyclic) bond motifs is 2. The second-order valence-corrected chi connectivity index (χ2v) is 10.6. The van der Waals surface area contributed by atoms with Gasteiger partial charge in [-0.05, 0) is 57.0 Å². The van der Waals surface area contributed by atoms with E-state index >= 15 is 0 Å². The van der Waals surface area contributed by atoms with Crippen molar-refractivity contribution in [1.82, 2.24) is 4.98 Å². The van der Waals surface area contributed by atoms with E-state index in [-0.39, 0.29) is 12.7 Å². The van der Waals surface area contributed by atoms with E-state index in [1.54, 1.807) is 0 Å². The number of carbonyl (C=O) groups excluding carboxylic acids is 1. The first-order valence-corrected chi connectivity index (χ1v) is 13.0. The van der Waals surface area contributed by atoms with E-state index in [9.17, 15) is 4.79 Å². The number of benzene rings is 3. The first kappa shape index (κ1) is 25.4. The van der Waals surface area contributed by atoms with Crippen molar-refractivity contribution in [1.29, 1.82) is 0 Å². The number of nitrogens with one attached hydrogen (secondary N) is 1. The van der Waals surface area contributed by atoms with Gasteiger partial charge < -0.3 is 23.8 Å². The molecular weight excluding hydrogens is 465 g/mol. The molecule has 1 N–H and O–H groups in total. The van der Waals surface area contributed by atoms with Crippen LogP contribution in [0.4, 0.5) is 0 Å². The van der Waals surface area contributed by atoms with Crippen LogP contribution in [0.5, 0.6) is 5.75 Å². The zero-order valence-corrected chi connectivity index (χ0v) is 22.2. The molecule has 0 amide bonds. The van der Waals surface area contributed by atoms with Crippen LogP contribution >= 0.6 is 0 Å². The van der Waals surface area contributed by atoms with Crippen molar-refractivity contribution in [3.8, 4) is 5.75 Å². The summed E-state index contributed by atoms with van der Waals surface area (Å²) >= 11 is 0. The van der Waals surface area contributed by atoms with Crippen LogP contribution in [0.3, 0.4) is 0 Å². The third-order valence-electron chi connectivity index (χ3n) is 7.59. The number of aromatic amines is 1. The van der Waals surface area contributed by atoms with E-state index in [4.69, 9.17) is 18.8 Å². The highest BCUT2D eigenvalue weighted by Crippen LogP contribution is 2.37. The zero-order valence-electron chi connectivity index (χ0n) is 22.2. The normalized spacial score (nSPS) is 17.3. The molecule has 6 nitrogen and oxygen atoms in total. The van der Waals surface area contributed by atoms with Crippen molar-refractivity contribution < 1.29 is 23.6 Å². The number of H-pyrrole nitrogens is 1. The van der Waals surface area contributed by atoms with E-state index in [0.29, 0.717) is 12.1 Å². The molecule has 1 unspecified atom stereocenters. The van der Waals surface area contributed by atoms with E-state index < -0.39 is 24.3 Å². The van der Waals surface area contributed by atoms with Crippen molar-refractivity contribution in [2.75, 3.05) is 6.61 Å². The van der Waals surface area contributed by atoms with Gasteiger partial charge in [0.25, 0.3) is 0 Å². The van der Waals surface area contributed by atoms with Crippen LogP contribution in [-0.4, -0.2) is 42.0 Å². The molecular formula is C30H34BNO5. The summed E-state index contributed by atoms with van der Waals surface area (Å²) in [4.78, 5) is 16.1. The number of rotatable bonds is 8. The van der Waals surface area contributed by atoms with Crippen LogP contribution in [0, 0.1) is 0 Å². The summed E-state index contributed by atoms with van der Waals surface area (Å²) in [6.45, 7) is 10.4. The van der Waals surface area contributed by atoms with Crippen molar-refractivity contribution in [2.24, 2.45) is 0 Å². The van der Waals surface area contributed by atoms with Gasteiger partial charge in [0, 0.05) is 22.8 Å². The fraction of sp³-hybridized carbons (Fsp3) is 0.367. The van der Waals surface area contributed by atoms with Crippen LogP contribution < -0.4 is 10.2 Å². The number of hydrogen-bond donors (Lipinski definition) is 1. The molecule has 37 heavy (non-hydrogen) atoms. The number of carbonyl (C=O) groups is 1. The molecule has 3 aromatic carbocycles. The summed E-state index contributed by atoms with van der Waals surface area (Å²) in [7, 11) is -0.521. The molecule has 1 aliphatic heterocycles. The molecule has 1 aromatic heterocycles. The van der Waals surface area contributed by atoms with Crippen molar-refractivity contribution in [3.63, 3.8) is 0 Å². The molecule has 1 atom stereocenters. The standard InChI is InChI=1S/C30H34BNO5/c1-6-22(35-26-16-10-12-20-11-7-8-14-23(20)26)17-18-34-28(33)25-19-21-13-9-15-24(27(21)32-25)31-36-29(2,3)30(4,5)37-31/h7-16,19,22,32H,6,17-18H2,1-5H3. The van der Waals surface area contributed by atoms with Gasteiger partial charge in [0.15, 0.2) is 0 Å². The summed E-state index contributed by atoms with van der Waals surface area (Å²) in [6.07, 6.45) is 1.35. The second kappa shape index (κ2) is 9.88. The monoisotopic (exact) mass is 499 g/mol. The van der Waals surface area contributed by atoms with Crippen LogP contribution in [0.2, 0.25) is 0 Å². The number of para-hydroxylation sites is 1. The molecule has 0 spiro atoms. The average molecular weight is 499 g/mol. The predicted octanol–water partition coefficient (Wildman–Crippen LogP) is 6.02. The Kier molecular flexibility index (Phi) is 6.77. The van der Waals surface area contributed by atoms with Crippen LogP contribution in [0.25, 0.3) is 21.7 Å². The minimum Gasteiger partial charge on any atom is -0.490 e. The van der Waals surface area contributed by atoms with Crippen LogP contribution in [0.15, 0.2) is 66.7 Å². The van der Waals surface area contributed by atoms with Gasteiger partial charge in [0.1, 0.15) is 17.5 Å². The number of aromatic nitrogens is 1. The molecule has 5 rings (SSSR count). The quantitative estimate of drug-likeness (QED) is 0.237. The maximum atomic E-state index is 12.9. The largest absolute Gasteiger partial charge is 0.497 e. The molecule has 2 heterocycles. The van der Waals surface area contributed by atoms with Gasteiger partial charge in [-0.15, -0.1) is 0 Å². The number of hydrogen-bond acceptors (Lipinski definition) is 5. The summed E-state index contributed by atoms with van der Waals surface area (Å²) in [6, 6.07) is 21.9. The Hall–Kier alpha value is -3.29. The fourth-order valence-electron chi connectivity index (χ4n) is 4.64. The van der Waals surface area contributed by atoms with E-state index in [1.165, 1.54) is 0 Å². The van der Waals surface area contributed by atoms with Gasteiger partial charge >= 0.3 is 13.1 Å². The van der Waals surface area contributed by atoms with Gasteiger partial charge in [-0.25, -0.2) is 4.79 Å². The minimum absolute atomic E-state index is 0.0590. The molecule has 1 saturated heterocycles. The third-order valence-corrected chi connectivity index (χ3v) is 7.59. The Labute approximate surface area is 218 Å². The zero-order chi connectivity index (χ0) is 26.2. The highest BCUT2D eigenvalue weighted by atomic mass is 16.7. The lowest BCUT2D eigenvalue weighted by Crippen LogP contribution is -2.41. The minimum atomic E-state index is -0.521.